The lowest BCUT2D eigenvalue weighted by Crippen LogP contribution is -2.38. The van der Waals surface area contributed by atoms with Gasteiger partial charge in [0.15, 0.2) is 0 Å². The Morgan fingerprint density at radius 2 is 2.05 bits per heavy atom. The van der Waals surface area contributed by atoms with Crippen molar-refractivity contribution >= 4 is 33.2 Å². The summed E-state index contributed by atoms with van der Waals surface area (Å²) in [6.45, 7) is 0.373. The van der Waals surface area contributed by atoms with Crippen LogP contribution in [0.15, 0.2) is 23.1 Å². The van der Waals surface area contributed by atoms with Crippen LogP contribution in [0, 0.1) is 11.7 Å². The average molecular weight is 326 g/mol. The molecule has 0 heterocycles. The summed E-state index contributed by atoms with van der Waals surface area (Å²) in [6, 6.07) is 3.32. The quantitative estimate of drug-likeness (QED) is 0.797. The minimum absolute atomic E-state index is 0.0251. The maximum atomic E-state index is 13.2. The molecule has 0 aromatic heterocycles. The number of halogens is 3. The highest BCUT2D eigenvalue weighted by Crippen LogP contribution is 2.34. The van der Waals surface area contributed by atoms with Crippen molar-refractivity contribution in [3.63, 3.8) is 0 Å². The monoisotopic (exact) mass is 325 g/mol. The van der Waals surface area contributed by atoms with E-state index in [1.807, 2.05) is 0 Å². The number of alkyl halides is 1. The Hall–Kier alpha value is -0.360. The molecule has 1 aliphatic rings. The smallest absolute Gasteiger partial charge is 0.207 e. The third-order valence-electron chi connectivity index (χ3n) is 3.27. The van der Waals surface area contributed by atoms with E-state index < -0.39 is 15.8 Å². The fraction of sp³-hybridized carbons (Fsp3) is 0.500. The fourth-order valence-corrected chi connectivity index (χ4v) is 4.34. The average Bonchev–Trinajstić information content (AvgIpc) is 2.30. The summed E-state index contributed by atoms with van der Waals surface area (Å²) in [5, 5.41) is 0.163. The van der Waals surface area contributed by atoms with Crippen molar-refractivity contribution in [1.82, 2.24) is 4.31 Å². The maximum absolute atomic E-state index is 13.2. The Morgan fingerprint density at radius 1 is 1.42 bits per heavy atom. The molecule has 0 atom stereocenters. The van der Waals surface area contributed by atoms with Gasteiger partial charge < -0.3 is 0 Å². The molecule has 7 heteroatoms. The van der Waals surface area contributed by atoms with Gasteiger partial charge in [0.05, 0.1) is 5.02 Å². The molecule has 1 aliphatic carbocycles. The normalized spacial score (nSPS) is 23.4. The second-order valence-corrected chi connectivity index (χ2v) is 7.83. The van der Waals surface area contributed by atoms with Crippen molar-refractivity contribution in [3.8, 4) is 0 Å². The molecule has 0 radical (unpaired) electrons. The summed E-state index contributed by atoms with van der Waals surface area (Å²) in [5.74, 6) is -0.365. The van der Waals surface area contributed by atoms with Crippen molar-refractivity contribution in [2.75, 3.05) is 13.6 Å². The third kappa shape index (κ3) is 3.21. The zero-order valence-corrected chi connectivity index (χ0v) is 12.6. The van der Waals surface area contributed by atoms with Gasteiger partial charge in [0.2, 0.25) is 10.0 Å². The van der Waals surface area contributed by atoms with Crippen LogP contribution in [0.5, 0.6) is 0 Å². The molecule has 0 saturated heterocycles. The first-order valence-corrected chi connectivity index (χ1v) is 8.11. The van der Waals surface area contributed by atoms with Crippen molar-refractivity contribution < 1.29 is 12.8 Å². The second-order valence-electron chi connectivity index (χ2n) is 4.79. The van der Waals surface area contributed by atoms with E-state index in [2.05, 4.69) is 0 Å². The molecule has 0 unspecified atom stereocenters. The fourth-order valence-electron chi connectivity index (χ4n) is 2.11. The van der Waals surface area contributed by atoms with Crippen LogP contribution in [0.4, 0.5) is 4.39 Å². The molecule has 0 spiro atoms. The Balaban J connectivity index is 2.19. The van der Waals surface area contributed by atoms with E-state index in [9.17, 15) is 12.8 Å². The third-order valence-corrected chi connectivity index (χ3v) is 5.94. The summed E-state index contributed by atoms with van der Waals surface area (Å²) < 4.78 is 39.0. The van der Waals surface area contributed by atoms with Gasteiger partial charge in [-0.25, -0.2) is 17.1 Å². The van der Waals surface area contributed by atoms with Gasteiger partial charge in [-0.2, -0.15) is 0 Å². The molecule has 3 nitrogen and oxygen atoms in total. The Labute approximate surface area is 122 Å². The zero-order chi connectivity index (χ0) is 14.2. The van der Waals surface area contributed by atoms with Crippen LogP contribution in [0.3, 0.4) is 0 Å². The van der Waals surface area contributed by atoms with Crippen LogP contribution in [0.25, 0.3) is 0 Å². The summed E-state index contributed by atoms with van der Waals surface area (Å²) >= 11 is 11.7. The van der Waals surface area contributed by atoms with Crippen LogP contribution in [-0.4, -0.2) is 31.7 Å². The van der Waals surface area contributed by atoms with E-state index in [4.69, 9.17) is 23.2 Å². The number of benzene rings is 1. The molecule has 2 rings (SSSR count). The first kappa shape index (κ1) is 15.0. The van der Waals surface area contributed by atoms with Crippen molar-refractivity contribution in [2.45, 2.75) is 23.1 Å². The maximum Gasteiger partial charge on any atom is 0.244 e. The van der Waals surface area contributed by atoms with E-state index in [-0.39, 0.29) is 21.2 Å². The van der Waals surface area contributed by atoms with Gasteiger partial charge in [0.25, 0.3) is 0 Å². The lowest BCUT2D eigenvalue weighted by molar-refractivity contribution is 0.268. The molecule has 0 bridgehead atoms. The lowest BCUT2D eigenvalue weighted by atomic mass is 9.85. The molecule has 0 aliphatic heterocycles. The molecular formula is C12H14Cl2FNO2S. The predicted octanol–water partition coefficient (Wildman–Crippen LogP) is 3.12. The molecule has 1 aromatic carbocycles. The van der Waals surface area contributed by atoms with Gasteiger partial charge in [-0.3, -0.25) is 0 Å². The molecule has 1 saturated carbocycles. The molecule has 106 valence electrons. The van der Waals surface area contributed by atoms with Crippen LogP contribution >= 0.6 is 23.2 Å². The first-order chi connectivity index (χ1) is 8.80. The van der Waals surface area contributed by atoms with Gasteiger partial charge in [-0.1, -0.05) is 11.6 Å². The number of nitrogens with zero attached hydrogens (tertiary/aromatic N) is 1. The van der Waals surface area contributed by atoms with E-state index in [0.717, 1.165) is 25.0 Å². The largest absolute Gasteiger partial charge is 0.244 e. The summed E-state index contributed by atoms with van der Waals surface area (Å²) in [7, 11) is -2.29. The highest BCUT2D eigenvalue weighted by Gasteiger charge is 2.32. The molecule has 1 aromatic rings. The minimum atomic E-state index is -3.76. The van der Waals surface area contributed by atoms with Crippen LogP contribution in [0.1, 0.15) is 12.8 Å². The summed E-state index contributed by atoms with van der Waals surface area (Å²) in [5.41, 5.74) is 0. The van der Waals surface area contributed by atoms with Crippen LogP contribution < -0.4 is 0 Å². The van der Waals surface area contributed by atoms with Crippen molar-refractivity contribution in [3.05, 3.63) is 29.0 Å². The SMILES string of the molecule is CN(CC1CC(Cl)C1)S(=O)(=O)c1cc(F)ccc1Cl. The van der Waals surface area contributed by atoms with Gasteiger partial charge in [0, 0.05) is 19.0 Å². The second kappa shape index (κ2) is 5.56. The predicted molar refractivity (Wildman–Crippen MR) is 73.6 cm³/mol. The molecular weight excluding hydrogens is 312 g/mol. The Kier molecular flexibility index (Phi) is 4.40. The van der Waals surface area contributed by atoms with Crippen LogP contribution in [0.2, 0.25) is 5.02 Å². The number of hydrogen-bond acceptors (Lipinski definition) is 2. The highest BCUT2D eigenvalue weighted by atomic mass is 35.5. The zero-order valence-electron chi connectivity index (χ0n) is 10.3. The Bertz CT molecular complexity index is 573. The minimum Gasteiger partial charge on any atom is -0.207 e. The van der Waals surface area contributed by atoms with Gasteiger partial charge in [-0.15, -0.1) is 11.6 Å². The van der Waals surface area contributed by atoms with E-state index in [1.54, 1.807) is 0 Å². The van der Waals surface area contributed by atoms with E-state index in [1.165, 1.54) is 17.4 Å². The Morgan fingerprint density at radius 3 is 2.63 bits per heavy atom. The molecule has 0 amide bonds. The van der Waals surface area contributed by atoms with Gasteiger partial charge in [0.1, 0.15) is 10.7 Å². The first-order valence-electron chi connectivity index (χ1n) is 5.86. The van der Waals surface area contributed by atoms with Gasteiger partial charge in [-0.05, 0) is 37.0 Å². The standard InChI is InChI=1S/C12H14Cl2FNO2S/c1-16(7-8-4-9(13)5-8)19(17,18)12-6-10(15)2-3-11(12)14/h2-3,6,8-9H,4-5,7H2,1H3. The number of hydrogen-bond donors (Lipinski definition) is 0. The molecule has 0 N–H and O–H groups in total. The number of sulfonamides is 1. The van der Waals surface area contributed by atoms with Crippen molar-refractivity contribution in [1.29, 1.82) is 0 Å². The molecule has 19 heavy (non-hydrogen) atoms. The number of rotatable bonds is 4. The topological polar surface area (TPSA) is 37.4 Å². The van der Waals surface area contributed by atoms with Crippen molar-refractivity contribution in [2.24, 2.45) is 5.92 Å². The molecule has 1 fully saturated rings. The lowest BCUT2D eigenvalue weighted by Gasteiger charge is -2.33. The van der Waals surface area contributed by atoms with Gasteiger partial charge >= 0.3 is 0 Å². The van der Waals surface area contributed by atoms with E-state index in [0.29, 0.717) is 6.54 Å². The highest BCUT2D eigenvalue weighted by molar-refractivity contribution is 7.89. The summed E-state index contributed by atoms with van der Waals surface area (Å²) in [4.78, 5) is -0.196. The van der Waals surface area contributed by atoms with Crippen LogP contribution in [-0.2, 0) is 10.0 Å². The van der Waals surface area contributed by atoms with E-state index >= 15 is 0 Å². The summed E-state index contributed by atoms with van der Waals surface area (Å²) in [6.07, 6.45) is 1.61.